The second kappa shape index (κ2) is 6.89. The van der Waals surface area contributed by atoms with Crippen molar-refractivity contribution in [3.63, 3.8) is 0 Å². The first-order chi connectivity index (χ1) is 13.7. The summed E-state index contributed by atoms with van der Waals surface area (Å²) in [5, 5.41) is 1.01. The van der Waals surface area contributed by atoms with Gasteiger partial charge in [0.2, 0.25) is 0 Å². The monoisotopic (exact) mass is 373 g/mol. The van der Waals surface area contributed by atoms with E-state index in [9.17, 15) is 4.79 Å². The number of hydrogen-bond acceptors (Lipinski definition) is 4. The lowest BCUT2D eigenvalue weighted by Gasteiger charge is -2.39. The Labute approximate surface area is 164 Å². The van der Waals surface area contributed by atoms with Crippen molar-refractivity contribution in [1.29, 1.82) is 0 Å². The van der Waals surface area contributed by atoms with Crippen LogP contribution in [0.4, 0.5) is 0 Å². The summed E-state index contributed by atoms with van der Waals surface area (Å²) in [5.41, 5.74) is 2.45. The molecule has 2 unspecified atom stereocenters. The lowest BCUT2D eigenvalue weighted by atomic mass is 9.97. The van der Waals surface area contributed by atoms with Crippen molar-refractivity contribution >= 4 is 16.8 Å². The third kappa shape index (κ3) is 3.01. The molecule has 142 valence electrons. The van der Waals surface area contributed by atoms with E-state index >= 15 is 0 Å². The molecule has 2 atom stereocenters. The van der Waals surface area contributed by atoms with Gasteiger partial charge in [-0.15, -0.1) is 0 Å². The molecule has 5 heteroatoms. The van der Waals surface area contributed by atoms with Gasteiger partial charge in [0.1, 0.15) is 11.9 Å². The van der Waals surface area contributed by atoms with Gasteiger partial charge >= 0.3 is 0 Å². The Bertz CT molecular complexity index is 1010. The first-order valence-electron chi connectivity index (χ1n) is 9.95. The molecule has 5 nitrogen and oxygen atoms in total. The van der Waals surface area contributed by atoms with E-state index in [4.69, 9.17) is 4.74 Å². The smallest absolute Gasteiger partial charge is 0.256 e. The standard InChI is InChI=1S/C23H23N3O2/c1-15-5-6-16-3-2-4-21(22(16)25-15)23(27)26-17-7-8-18(26)14-20(13-17)28-19-9-11-24-12-10-19/h2-6,9-12,17-18,20H,7-8,13-14H2,1H3. The number of hydrogen-bond donors (Lipinski definition) is 0. The summed E-state index contributed by atoms with van der Waals surface area (Å²) in [6.07, 6.45) is 7.49. The zero-order chi connectivity index (χ0) is 19.1. The van der Waals surface area contributed by atoms with E-state index in [2.05, 4.69) is 14.9 Å². The molecule has 2 fully saturated rings. The molecule has 2 saturated heterocycles. The van der Waals surface area contributed by atoms with Crippen LogP contribution in [0.15, 0.2) is 54.9 Å². The van der Waals surface area contributed by atoms with Gasteiger partial charge in [0.05, 0.1) is 11.1 Å². The number of fused-ring (bicyclic) bond motifs is 3. The van der Waals surface area contributed by atoms with Crippen LogP contribution in [-0.2, 0) is 0 Å². The SMILES string of the molecule is Cc1ccc2cccc(C(=O)N3C4CCC3CC(Oc3ccncc3)C4)c2n1. The number of pyridine rings is 2. The second-order valence-electron chi connectivity index (χ2n) is 7.82. The van der Waals surface area contributed by atoms with E-state index in [1.807, 2.05) is 49.4 Å². The van der Waals surface area contributed by atoms with E-state index in [-0.39, 0.29) is 24.1 Å². The predicted molar refractivity (Wildman–Crippen MR) is 107 cm³/mol. The van der Waals surface area contributed by atoms with E-state index in [1.165, 1.54) is 0 Å². The third-order valence-corrected chi connectivity index (χ3v) is 5.97. The number of para-hydroxylation sites is 1. The quantitative estimate of drug-likeness (QED) is 0.692. The minimum absolute atomic E-state index is 0.110. The zero-order valence-corrected chi connectivity index (χ0v) is 15.9. The Morgan fingerprint density at radius 3 is 2.54 bits per heavy atom. The highest BCUT2D eigenvalue weighted by Crippen LogP contribution is 2.38. The minimum atomic E-state index is 0.110. The van der Waals surface area contributed by atoms with Crippen molar-refractivity contribution in [3.05, 3.63) is 66.1 Å². The summed E-state index contributed by atoms with van der Waals surface area (Å²) in [6.45, 7) is 1.96. The van der Waals surface area contributed by atoms with Crippen molar-refractivity contribution in [2.45, 2.75) is 50.8 Å². The van der Waals surface area contributed by atoms with Crippen LogP contribution < -0.4 is 4.74 Å². The van der Waals surface area contributed by atoms with Crippen molar-refractivity contribution in [2.75, 3.05) is 0 Å². The van der Waals surface area contributed by atoms with Crippen molar-refractivity contribution in [3.8, 4) is 5.75 Å². The van der Waals surface area contributed by atoms with Crippen LogP contribution in [0.5, 0.6) is 5.75 Å². The number of amides is 1. The number of aromatic nitrogens is 2. The third-order valence-electron chi connectivity index (χ3n) is 5.97. The zero-order valence-electron chi connectivity index (χ0n) is 15.9. The predicted octanol–water partition coefficient (Wildman–Crippen LogP) is 4.15. The summed E-state index contributed by atoms with van der Waals surface area (Å²) < 4.78 is 6.17. The van der Waals surface area contributed by atoms with Gasteiger partial charge < -0.3 is 9.64 Å². The number of aryl methyl sites for hydroxylation is 1. The Kier molecular flexibility index (Phi) is 4.23. The maximum absolute atomic E-state index is 13.5. The maximum Gasteiger partial charge on any atom is 0.256 e. The fourth-order valence-electron chi connectivity index (χ4n) is 4.72. The number of benzene rings is 1. The van der Waals surface area contributed by atoms with Gasteiger partial charge in [0.15, 0.2) is 0 Å². The maximum atomic E-state index is 13.5. The molecule has 1 aromatic carbocycles. The highest BCUT2D eigenvalue weighted by molar-refractivity contribution is 6.05. The summed E-state index contributed by atoms with van der Waals surface area (Å²) >= 11 is 0. The molecule has 28 heavy (non-hydrogen) atoms. The summed E-state index contributed by atoms with van der Waals surface area (Å²) in [7, 11) is 0. The molecule has 5 rings (SSSR count). The van der Waals surface area contributed by atoms with Gasteiger partial charge in [-0.05, 0) is 44.0 Å². The van der Waals surface area contributed by atoms with Crippen molar-refractivity contribution in [2.24, 2.45) is 0 Å². The number of nitrogens with zero attached hydrogens (tertiary/aromatic N) is 3. The van der Waals surface area contributed by atoms with E-state index in [1.54, 1.807) is 12.4 Å². The van der Waals surface area contributed by atoms with Crippen LogP contribution in [0.3, 0.4) is 0 Å². The van der Waals surface area contributed by atoms with Crippen LogP contribution >= 0.6 is 0 Å². The van der Waals surface area contributed by atoms with Gasteiger partial charge in [-0.25, -0.2) is 0 Å². The van der Waals surface area contributed by atoms with Gasteiger partial charge in [0, 0.05) is 48.4 Å². The van der Waals surface area contributed by atoms with E-state index < -0.39 is 0 Å². The molecule has 2 aliphatic rings. The fourth-order valence-corrected chi connectivity index (χ4v) is 4.72. The molecule has 0 aliphatic carbocycles. The van der Waals surface area contributed by atoms with Crippen LogP contribution in [0.2, 0.25) is 0 Å². The highest BCUT2D eigenvalue weighted by atomic mass is 16.5. The summed E-state index contributed by atoms with van der Waals surface area (Å²) in [5.74, 6) is 0.964. The van der Waals surface area contributed by atoms with Crippen LogP contribution in [-0.4, -0.2) is 39.0 Å². The van der Waals surface area contributed by atoms with Gasteiger partial charge in [-0.3, -0.25) is 14.8 Å². The Hall–Kier alpha value is -2.95. The number of rotatable bonds is 3. The molecule has 0 saturated carbocycles. The Morgan fingerprint density at radius 1 is 1.04 bits per heavy atom. The van der Waals surface area contributed by atoms with Gasteiger partial charge in [0.25, 0.3) is 5.91 Å². The average Bonchev–Trinajstić information content (AvgIpc) is 2.98. The first-order valence-corrected chi connectivity index (χ1v) is 9.95. The fraction of sp³-hybridized carbons (Fsp3) is 0.348. The average molecular weight is 373 g/mol. The summed E-state index contributed by atoms with van der Waals surface area (Å²) in [4.78, 5) is 24.3. The second-order valence-corrected chi connectivity index (χ2v) is 7.82. The number of carbonyl (C=O) groups excluding carboxylic acids is 1. The van der Waals surface area contributed by atoms with Crippen molar-refractivity contribution in [1.82, 2.24) is 14.9 Å². The first kappa shape index (κ1) is 17.2. The van der Waals surface area contributed by atoms with Crippen LogP contribution in [0, 0.1) is 6.92 Å². The molecule has 0 N–H and O–H groups in total. The molecule has 4 heterocycles. The van der Waals surface area contributed by atoms with Crippen LogP contribution in [0.1, 0.15) is 41.7 Å². The molecule has 0 radical (unpaired) electrons. The number of carbonyl (C=O) groups is 1. The Balaban J connectivity index is 1.40. The molecular weight excluding hydrogens is 350 g/mol. The van der Waals surface area contributed by atoms with Crippen LogP contribution in [0.25, 0.3) is 10.9 Å². The number of piperidine rings is 1. The lowest BCUT2D eigenvalue weighted by molar-refractivity contribution is 0.0360. The normalized spacial score (nSPS) is 23.8. The molecule has 1 amide bonds. The largest absolute Gasteiger partial charge is 0.490 e. The van der Waals surface area contributed by atoms with Gasteiger partial charge in [-0.1, -0.05) is 18.2 Å². The molecule has 0 spiro atoms. The van der Waals surface area contributed by atoms with E-state index in [0.717, 1.165) is 48.0 Å². The number of ether oxygens (including phenoxy) is 1. The topological polar surface area (TPSA) is 55.3 Å². The minimum Gasteiger partial charge on any atom is -0.490 e. The molecular formula is C23H23N3O2. The lowest BCUT2D eigenvalue weighted by Crippen LogP contribution is -2.49. The molecule has 3 aromatic rings. The summed E-state index contributed by atoms with van der Waals surface area (Å²) in [6, 6.07) is 14.2. The molecule has 2 aromatic heterocycles. The van der Waals surface area contributed by atoms with Gasteiger partial charge in [-0.2, -0.15) is 0 Å². The highest BCUT2D eigenvalue weighted by Gasteiger charge is 2.44. The molecule has 2 bridgehead atoms. The Morgan fingerprint density at radius 2 is 1.79 bits per heavy atom. The van der Waals surface area contributed by atoms with Crippen molar-refractivity contribution < 1.29 is 9.53 Å². The molecule has 2 aliphatic heterocycles. The van der Waals surface area contributed by atoms with E-state index in [0.29, 0.717) is 5.56 Å².